The third kappa shape index (κ3) is 1.72. The zero-order valence-electron chi connectivity index (χ0n) is 6.24. The summed E-state index contributed by atoms with van der Waals surface area (Å²) in [4.78, 5) is 12.8. The Morgan fingerprint density at radius 2 is 2.45 bits per heavy atom. The lowest BCUT2D eigenvalue weighted by molar-refractivity contribution is -0.125. The van der Waals surface area contributed by atoms with Crippen molar-refractivity contribution in [1.82, 2.24) is 4.90 Å². The Hall–Kier alpha value is -0.130. The SMILES string of the molecule is CC1SC(=S)N(CCN)C1=O. The average Bonchev–Trinajstić information content (AvgIpc) is 2.17. The second-order valence-corrected chi connectivity index (χ2v) is 4.28. The van der Waals surface area contributed by atoms with Gasteiger partial charge in [-0.3, -0.25) is 9.69 Å². The minimum Gasteiger partial charge on any atom is -0.329 e. The Bertz CT molecular complexity index is 195. The molecular weight excluding hydrogens is 180 g/mol. The van der Waals surface area contributed by atoms with Crippen LogP contribution in [0.4, 0.5) is 0 Å². The van der Waals surface area contributed by atoms with Crippen molar-refractivity contribution in [2.24, 2.45) is 5.73 Å². The topological polar surface area (TPSA) is 46.3 Å². The zero-order valence-corrected chi connectivity index (χ0v) is 7.87. The molecule has 0 saturated carbocycles. The van der Waals surface area contributed by atoms with E-state index in [-0.39, 0.29) is 11.2 Å². The van der Waals surface area contributed by atoms with Gasteiger partial charge in [-0.15, -0.1) is 0 Å². The maximum atomic E-state index is 11.3. The molecule has 0 bridgehead atoms. The second kappa shape index (κ2) is 3.51. The molecule has 62 valence electrons. The van der Waals surface area contributed by atoms with Crippen molar-refractivity contribution in [2.45, 2.75) is 12.2 Å². The zero-order chi connectivity index (χ0) is 8.43. The van der Waals surface area contributed by atoms with Crippen molar-refractivity contribution in [1.29, 1.82) is 0 Å². The van der Waals surface area contributed by atoms with E-state index in [1.54, 1.807) is 4.90 Å². The molecule has 1 heterocycles. The van der Waals surface area contributed by atoms with Crippen LogP contribution in [0.5, 0.6) is 0 Å². The van der Waals surface area contributed by atoms with Crippen LogP contribution < -0.4 is 5.73 Å². The quantitative estimate of drug-likeness (QED) is 0.632. The standard InChI is InChI=1S/C6H10N2OS2/c1-4-5(9)8(3-2-7)6(10)11-4/h4H,2-3,7H2,1H3. The third-order valence-corrected chi connectivity index (χ3v) is 2.95. The number of hydrogen-bond acceptors (Lipinski definition) is 4. The molecule has 1 rings (SSSR count). The van der Waals surface area contributed by atoms with Gasteiger partial charge in [0.2, 0.25) is 5.91 Å². The summed E-state index contributed by atoms with van der Waals surface area (Å²) in [5, 5.41) is -0.0194. The van der Waals surface area contributed by atoms with Crippen molar-refractivity contribution in [3.05, 3.63) is 0 Å². The summed E-state index contributed by atoms with van der Waals surface area (Å²) in [5.41, 5.74) is 5.32. The number of nitrogens with zero attached hydrogens (tertiary/aromatic N) is 1. The largest absolute Gasteiger partial charge is 0.329 e. The summed E-state index contributed by atoms with van der Waals surface area (Å²) in [5.74, 6) is 0.0884. The second-order valence-electron chi connectivity index (χ2n) is 2.30. The first-order chi connectivity index (χ1) is 5.16. The van der Waals surface area contributed by atoms with Crippen molar-refractivity contribution in [3.63, 3.8) is 0 Å². The number of thioether (sulfide) groups is 1. The minimum atomic E-state index is -0.0194. The predicted octanol–water partition coefficient (Wildman–Crippen LogP) is 0.194. The van der Waals surface area contributed by atoms with E-state index >= 15 is 0 Å². The van der Waals surface area contributed by atoms with E-state index in [1.807, 2.05) is 6.92 Å². The number of carbonyl (C=O) groups excluding carboxylic acids is 1. The number of hydrogen-bond donors (Lipinski definition) is 1. The van der Waals surface area contributed by atoms with Gasteiger partial charge in [0, 0.05) is 13.1 Å². The fourth-order valence-corrected chi connectivity index (χ4v) is 2.36. The van der Waals surface area contributed by atoms with Crippen molar-refractivity contribution < 1.29 is 4.79 Å². The summed E-state index contributed by atoms with van der Waals surface area (Å²) in [7, 11) is 0. The number of thiocarbonyl (C=S) groups is 1. The molecule has 2 N–H and O–H groups in total. The molecule has 5 heteroatoms. The van der Waals surface area contributed by atoms with Crippen LogP contribution in [0.1, 0.15) is 6.92 Å². The smallest absolute Gasteiger partial charge is 0.241 e. The number of rotatable bonds is 2. The molecule has 0 spiro atoms. The van der Waals surface area contributed by atoms with Gasteiger partial charge in [0.15, 0.2) is 0 Å². The van der Waals surface area contributed by atoms with Crippen LogP contribution in [-0.2, 0) is 4.79 Å². The first-order valence-corrected chi connectivity index (χ1v) is 4.67. The van der Waals surface area contributed by atoms with Crippen LogP contribution in [0.15, 0.2) is 0 Å². The maximum Gasteiger partial charge on any atom is 0.241 e. The highest BCUT2D eigenvalue weighted by atomic mass is 32.2. The predicted molar refractivity (Wildman–Crippen MR) is 50.4 cm³/mol. The molecule has 1 atom stereocenters. The van der Waals surface area contributed by atoms with Gasteiger partial charge in [-0.2, -0.15) is 0 Å². The molecule has 0 aromatic heterocycles. The van der Waals surface area contributed by atoms with Gasteiger partial charge < -0.3 is 5.73 Å². The summed E-state index contributed by atoms with van der Waals surface area (Å²) < 4.78 is 0.660. The molecule has 0 aromatic rings. The Labute approximate surface area is 75.3 Å². The van der Waals surface area contributed by atoms with Gasteiger partial charge in [0.1, 0.15) is 4.32 Å². The van der Waals surface area contributed by atoms with Gasteiger partial charge in [0.25, 0.3) is 0 Å². The molecule has 1 amide bonds. The molecular formula is C6H10N2OS2. The van der Waals surface area contributed by atoms with Crippen LogP contribution in [-0.4, -0.2) is 33.5 Å². The lowest BCUT2D eigenvalue weighted by Gasteiger charge is -2.12. The fourth-order valence-electron chi connectivity index (χ4n) is 0.905. The first kappa shape index (κ1) is 8.96. The highest BCUT2D eigenvalue weighted by Crippen LogP contribution is 2.25. The molecule has 1 unspecified atom stereocenters. The number of amides is 1. The summed E-state index contributed by atoms with van der Waals surface area (Å²) in [6.07, 6.45) is 0. The normalized spacial score (nSPS) is 24.9. The molecule has 1 aliphatic rings. The summed E-state index contributed by atoms with van der Waals surface area (Å²) >= 11 is 6.40. The van der Waals surface area contributed by atoms with Crippen LogP contribution in [0.3, 0.4) is 0 Å². The highest BCUT2D eigenvalue weighted by molar-refractivity contribution is 8.24. The first-order valence-electron chi connectivity index (χ1n) is 3.39. The molecule has 1 aliphatic heterocycles. The Kier molecular flexibility index (Phi) is 2.86. The van der Waals surface area contributed by atoms with E-state index in [0.29, 0.717) is 17.4 Å². The summed E-state index contributed by atoms with van der Waals surface area (Å²) in [6, 6.07) is 0. The van der Waals surface area contributed by atoms with Gasteiger partial charge in [-0.05, 0) is 6.92 Å². The average molecular weight is 190 g/mol. The Balaban J connectivity index is 2.64. The Morgan fingerprint density at radius 1 is 1.82 bits per heavy atom. The number of carbonyl (C=O) groups is 1. The van der Waals surface area contributed by atoms with E-state index in [4.69, 9.17) is 18.0 Å². The van der Waals surface area contributed by atoms with E-state index in [9.17, 15) is 4.79 Å². The molecule has 11 heavy (non-hydrogen) atoms. The monoisotopic (exact) mass is 190 g/mol. The van der Waals surface area contributed by atoms with Crippen LogP contribution in [0.25, 0.3) is 0 Å². The lowest BCUT2D eigenvalue weighted by atomic mass is 10.4. The van der Waals surface area contributed by atoms with Crippen molar-refractivity contribution in [3.8, 4) is 0 Å². The van der Waals surface area contributed by atoms with Crippen LogP contribution >= 0.6 is 24.0 Å². The molecule has 0 radical (unpaired) electrons. The highest BCUT2D eigenvalue weighted by Gasteiger charge is 2.32. The fraction of sp³-hybridized carbons (Fsp3) is 0.667. The molecule has 0 aromatic carbocycles. The summed E-state index contributed by atoms with van der Waals surface area (Å²) in [6.45, 7) is 2.88. The third-order valence-electron chi connectivity index (χ3n) is 1.46. The van der Waals surface area contributed by atoms with Gasteiger partial charge in [-0.1, -0.05) is 24.0 Å². The molecule has 1 saturated heterocycles. The van der Waals surface area contributed by atoms with Gasteiger partial charge in [0.05, 0.1) is 5.25 Å². The van der Waals surface area contributed by atoms with Crippen molar-refractivity contribution >= 4 is 34.2 Å². The van der Waals surface area contributed by atoms with E-state index in [2.05, 4.69) is 0 Å². The van der Waals surface area contributed by atoms with Crippen LogP contribution in [0, 0.1) is 0 Å². The van der Waals surface area contributed by atoms with Gasteiger partial charge >= 0.3 is 0 Å². The van der Waals surface area contributed by atoms with Crippen molar-refractivity contribution in [2.75, 3.05) is 13.1 Å². The van der Waals surface area contributed by atoms with Crippen LogP contribution in [0.2, 0.25) is 0 Å². The number of nitrogens with two attached hydrogens (primary N) is 1. The minimum absolute atomic E-state index is 0.0194. The molecule has 0 aliphatic carbocycles. The van der Waals surface area contributed by atoms with E-state index < -0.39 is 0 Å². The maximum absolute atomic E-state index is 11.3. The lowest BCUT2D eigenvalue weighted by Crippen LogP contribution is -2.34. The van der Waals surface area contributed by atoms with E-state index in [1.165, 1.54) is 11.8 Å². The molecule has 3 nitrogen and oxygen atoms in total. The molecule has 1 fully saturated rings. The van der Waals surface area contributed by atoms with Gasteiger partial charge in [-0.25, -0.2) is 0 Å². The Morgan fingerprint density at radius 3 is 2.82 bits per heavy atom. The van der Waals surface area contributed by atoms with E-state index in [0.717, 1.165) is 0 Å².